The van der Waals surface area contributed by atoms with Crippen molar-refractivity contribution in [3.05, 3.63) is 84.4 Å². The number of anilines is 2. The molecule has 0 aliphatic heterocycles. The van der Waals surface area contributed by atoms with E-state index in [4.69, 9.17) is 21.8 Å². The van der Waals surface area contributed by atoms with Crippen LogP contribution in [0.4, 0.5) is 15.9 Å². The first-order valence-corrected chi connectivity index (χ1v) is 8.80. The Bertz CT molecular complexity index is 1210. The van der Waals surface area contributed by atoms with Gasteiger partial charge in [0.15, 0.2) is 0 Å². The van der Waals surface area contributed by atoms with Gasteiger partial charge in [-0.15, -0.1) is 0 Å². The summed E-state index contributed by atoms with van der Waals surface area (Å²) in [6.45, 7) is 0. The number of rotatable bonds is 5. The zero-order chi connectivity index (χ0) is 21.1. The van der Waals surface area contributed by atoms with Crippen molar-refractivity contribution in [1.29, 1.82) is 0 Å². The van der Waals surface area contributed by atoms with Crippen LogP contribution >= 0.6 is 0 Å². The molecule has 3 aromatic heterocycles. The molecule has 0 radical (unpaired) electrons. The lowest BCUT2D eigenvalue weighted by atomic mass is 10.1. The van der Waals surface area contributed by atoms with Gasteiger partial charge >= 0.3 is 0 Å². The van der Waals surface area contributed by atoms with Crippen molar-refractivity contribution in [2.45, 2.75) is 0 Å². The number of nitrogen functional groups attached to an aromatic ring is 1. The highest BCUT2D eigenvalue weighted by Crippen LogP contribution is 2.30. The second kappa shape index (κ2) is 7.97. The van der Waals surface area contributed by atoms with Crippen LogP contribution in [0.2, 0.25) is 0 Å². The summed E-state index contributed by atoms with van der Waals surface area (Å²) in [7, 11) is 0. The Morgan fingerprint density at radius 3 is 2.53 bits per heavy atom. The lowest BCUT2D eigenvalue weighted by molar-refractivity contribution is 0.408. The maximum atomic E-state index is 14.4. The van der Waals surface area contributed by atoms with E-state index in [0.29, 0.717) is 16.9 Å². The molecule has 10 heteroatoms. The normalized spacial score (nSPS) is 11.8. The zero-order valence-electron chi connectivity index (χ0n) is 15.6. The average Bonchev–Trinajstić information content (AvgIpc) is 3.25. The molecule has 0 fully saturated rings. The molecule has 150 valence electrons. The van der Waals surface area contributed by atoms with Crippen molar-refractivity contribution < 1.29 is 8.91 Å². The molecule has 0 aliphatic rings. The fraction of sp³-hybridized carbons (Fsp3) is 0. The third kappa shape index (κ3) is 3.66. The lowest BCUT2D eigenvalue weighted by Gasteiger charge is -2.23. The third-order valence-electron chi connectivity index (χ3n) is 4.26. The summed E-state index contributed by atoms with van der Waals surface area (Å²) in [6, 6.07) is 12.7. The van der Waals surface area contributed by atoms with E-state index in [9.17, 15) is 4.39 Å². The summed E-state index contributed by atoms with van der Waals surface area (Å²) in [4.78, 5) is 12.3. The van der Waals surface area contributed by atoms with Gasteiger partial charge in [0, 0.05) is 29.7 Å². The molecule has 4 rings (SSSR count). The summed E-state index contributed by atoms with van der Waals surface area (Å²) in [5, 5.41) is 5.08. The lowest BCUT2D eigenvalue weighted by Crippen LogP contribution is -2.32. The number of nitrogens with zero attached hydrogens (tertiary/aromatic N) is 5. The minimum absolute atomic E-state index is 0.0129. The molecule has 4 aromatic rings. The van der Waals surface area contributed by atoms with E-state index in [2.05, 4.69) is 20.1 Å². The van der Waals surface area contributed by atoms with Gasteiger partial charge in [-0.05, 0) is 36.4 Å². The molecule has 0 bridgehead atoms. The molecular weight excluding hydrogens is 387 g/mol. The molecule has 0 atom stereocenters. The molecular formula is C20H17FN8O. The van der Waals surface area contributed by atoms with Crippen molar-refractivity contribution >= 4 is 22.9 Å². The van der Waals surface area contributed by atoms with Crippen LogP contribution in [0.3, 0.4) is 0 Å². The van der Waals surface area contributed by atoms with Crippen LogP contribution in [0.1, 0.15) is 11.5 Å². The van der Waals surface area contributed by atoms with Gasteiger partial charge < -0.3 is 16.0 Å². The Balaban J connectivity index is 1.83. The van der Waals surface area contributed by atoms with Gasteiger partial charge in [-0.25, -0.2) is 15.2 Å². The maximum absolute atomic E-state index is 14.4. The molecule has 9 nitrogen and oxygen atoms in total. The molecule has 3 heterocycles. The first kappa shape index (κ1) is 19.0. The number of nitrogens with two attached hydrogens (primary N) is 3. The second-order valence-electron chi connectivity index (χ2n) is 6.21. The standard InChI is InChI=1S/C20H17FN8O/c21-14-3-1-2-4-15(14)29(24)18(12-5-8-25-9-6-12)17(23)20-27-19(28-30-20)13-7-10-26-16(22)11-13/h1-11H,23-24H2,(H2,22,26)/b18-17-. The predicted molar refractivity (Wildman–Crippen MR) is 110 cm³/mol. The first-order valence-electron chi connectivity index (χ1n) is 8.80. The van der Waals surface area contributed by atoms with Gasteiger partial charge in [-0.2, -0.15) is 4.98 Å². The number of halogens is 1. The van der Waals surface area contributed by atoms with Gasteiger partial charge in [0.2, 0.25) is 5.82 Å². The van der Waals surface area contributed by atoms with E-state index in [0.717, 1.165) is 5.01 Å². The van der Waals surface area contributed by atoms with Crippen LogP contribution in [0.25, 0.3) is 22.8 Å². The van der Waals surface area contributed by atoms with Crippen molar-refractivity contribution in [3.8, 4) is 11.4 Å². The molecule has 0 aliphatic carbocycles. The number of hydrazine groups is 1. The van der Waals surface area contributed by atoms with Crippen molar-refractivity contribution in [3.63, 3.8) is 0 Å². The minimum Gasteiger partial charge on any atom is -0.392 e. The summed E-state index contributed by atoms with van der Waals surface area (Å²) < 4.78 is 19.7. The molecule has 0 saturated carbocycles. The van der Waals surface area contributed by atoms with Gasteiger partial charge in [0.05, 0.1) is 11.4 Å². The molecule has 0 spiro atoms. The van der Waals surface area contributed by atoms with Crippen LogP contribution in [-0.2, 0) is 0 Å². The van der Waals surface area contributed by atoms with Crippen LogP contribution in [0, 0.1) is 5.82 Å². The van der Waals surface area contributed by atoms with E-state index < -0.39 is 5.82 Å². The van der Waals surface area contributed by atoms with Crippen LogP contribution in [-0.4, -0.2) is 20.1 Å². The number of aromatic nitrogens is 4. The van der Waals surface area contributed by atoms with Gasteiger partial charge in [-0.3, -0.25) is 9.99 Å². The van der Waals surface area contributed by atoms with E-state index in [1.54, 1.807) is 48.8 Å². The zero-order valence-corrected chi connectivity index (χ0v) is 15.6. The highest BCUT2D eigenvalue weighted by atomic mass is 19.1. The summed E-state index contributed by atoms with van der Waals surface area (Å²) in [5.74, 6) is 6.35. The van der Waals surface area contributed by atoms with E-state index in [-0.39, 0.29) is 28.8 Å². The number of benzene rings is 1. The predicted octanol–water partition coefficient (Wildman–Crippen LogP) is 2.41. The molecule has 0 saturated heterocycles. The van der Waals surface area contributed by atoms with E-state index in [1.165, 1.54) is 18.3 Å². The van der Waals surface area contributed by atoms with E-state index >= 15 is 0 Å². The Morgan fingerprint density at radius 1 is 1.03 bits per heavy atom. The topological polar surface area (TPSA) is 146 Å². The monoisotopic (exact) mass is 404 g/mol. The van der Waals surface area contributed by atoms with Crippen molar-refractivity contribution in [1.82, 2.24) is 20.1 Å². The highest BCUT2D eigenvalue weighted by molar-refractivity contribution is 5.93. The second-order valence-corrected chi connectivity index (χ2v) is 6.21. The summed E-state index contributed by atoms with van der Waals surface area (Å²) in [5.41, 5.74) is 13.7. The molecule has 1 aromatic carbocycles. The van der Waals surface area contributed by atoms with Crippen LogP contribution in [0.15, 0.2) is 71.6 Å². The number of para-hydroxylation sites is 1. The highest BCUT2D eigenvalue weighted by Gasteiger charge is 2.22. The van der Waals surface area contributed by atoms with Crippen LogP contribution in [0.5, 0.6) is 0 Å². The van der Waals surface area contributed by atoms with Crippen LogP contribution < -0.4 is 22.3 Å². The summed E-state index contributed by atoms with van der Waals surface area (Å²) >= 11 is 0. The van der Waals surface area contributed by atoms with Gasteiger partial charge in [-0.1, -0.05) is 17.3 Å². The molecule has 0 unspecified atom stereocenters. The fourth-order valence-electron chi connectivity index (χ4n) is 2.84. The maximum Gasteiger partial charge on any atom is 0.276 e. The SMILES string of the molecule is N/C(=C(/c1ccncc1)N(N)c1ccccc1F)c1nc(-c2ccnc(N)c2)no1. The van der Waals surface area contributed by atoms with Crippen molar-refractivity contribution in [2.24, 2.45) is 11.6 Å². The van der Waals surface area contributed by atoms with Crippen molar-refractivity contribution in [2.75, 3.05) is 10.7 Å². The first-order chi connectivity index (χ1) is 14.5. The largest absolute Gasteiger partial charge is 0.392 e. The summed E-state index contributed by atoms with van der Waals surface area (Å²) in [6.07, 6.45) is 4.66. The Morgan fingerprint density at radius 2 is 1.80 bits per heavy atom. The fourth-order valence-corrected chi connectivity index (χ4v) is 2.84. The average molecular weight is 404 g/mol. The van der Waals surface area contributed by atoms with Gasteiger partial charge in [0.1, 0.15) is 17.3 Å². The quantitative estimate of drug-likeness (QED) is 0.337. The Hall–Kier alpha value is -4.31. The molecule has 30 heavy (non-hydrogen) atoms. The Labute approximate surface area is 170 Å². The Kier molecular flexibility index (Phi) is 5.06. The number of hydrogen-bond acceptors (Lipinski definition) is 9. The number of pyridine rings is 2. The smallest absolute Gasteiger partial charge is 0.276 e. The number of hydrogen-bond donors (Lipinski definition) is 3. The molecule has 6 N–H and O–H groups in total. The molecule has 0 amide bonds. The van der Waals surface area contributed by atoms with E-state index in [1.807, 2.05) is 0 Å². The van der Waals surface area contributed by atoms with Gasteiger partial charge in [0.25, 0.3) is 5.89 Å². The third-order valence-corrected chi connectivity index (χ3v) is 4.26. The minimum atomic E-state index is -0.516.